The fraction of sp³-hybridized carbons (Fsp3) is 0.538. The van der Waals surface area contributed by atoms with Gasteiger partial charge in [0.05, 0.1) is 5.82 Å². The summed E-state index contributed by atoms with van der Waals surface area (Å²) in [6.07, 6.45) is 1.06. The Balaban J connectivity index is 0.000000269. The van der Waals surface area contributed by atoms with Gasteiger partial charge in [-0.3, -0.25) is 0 Å². The molecular weight excluding hydrogens is 481 g/mol. The first-order chi connectivity index (χ1) is 17.1. The predicted molar refractivity (Wildman–Crippen MR) is 129 cm³/mol. The van der Waals surface area contributed by atoms with Crippen molar-refractivity contribution in [1.82, 2.24) is 20.2 Å². The number of alkyl halides is 3. The number of hydrogen-bond acceptors (Lipinski definition) is 6. The monoisotopic (exact) mass is 513 g/mol. The van der Waals surface area contributed by atoms with E-state index < -0.39 is 17.6 Å². The molecule has 0 radical (unpaired) electrons. The quantitative estimate of drug-likeness (QED) is 0.367. The second-order valence-corrected chi connectivity index (χ2v) is 9.55. The third kappa shape index (κ3) is 7.53. The van der Waals surface area contributed by atoms with Crippen molar-refractivity contribution < 1.29 is 41.2 Å². The fourth-order valence-electron chi connectivity index (χ4n) is 5.01. The molecule has 0 spiro atoms. The molecule has 1 aromatic heterocycles. The zero-order chi connectivity index (χ0) is 25.9. The van der Waals surface area contributed by atoms with Gasteiger partial charge in [-0.25, -0.2) is 22.7 Å². The third-order valence-corrected chi connectivity index (χ3v) is 6.96. The van der Waals surface area contributed by atoms with Crippen molar-refractivity contribution in [1.29, 1.82) is 0 Å². The second kappa shape index (κ2) is 12.7. The Labute approximate surface area is 228 Å². The molecule has 5 rings (SSSR count). The standard InChI is InChI=1S/C19H29N5O.C7H3F4.Li/c1-4-17-13(2)20-19(25-12-16-6-5-9-23(16)3)22-18(17)24-10-14-7-8-15(11-24)21-14;8-6-3-1-2-5(4-6)7(9,10)11;/h14-16,21H,1-2,4-12H2,3H3;1-3H;/q-2;-1;+1/t14?,15?,16-;;/m0../s1. The van der Waals surface area contributed by atoms with Gasteiger partial charge in [0.1, 0.15) is 6.61 Å². The Morgan fingerprint density at radius 1 is 1.16 bits per heavy atom. The molecule has 1 aromatic carbocycles. The molecule has 198 valence electrons. The van der Waals surface area contributed by atoms with Gasteiger partial charge in [-0.1, -0.05) is 11.3 Å². The molecule has 6 nitrogen and oxygen atoms in total. The smallest absolute Gasteiger partial charge is 0.462 e. The summed E-state index contributed by atoms with van der Waals surface area (Å²) in [6.45, 7) is 12.0. The van der Waals surface area contributed by atoms with Crippen LogP contribution in [-0.2, 0) is 12.6 Å². The van der Waals surface area contributed by atoms with Gasteiger partial charge in [0.2, 0.25) is 0 Å². The van der Waals surface area contributed by atoms with Crippen LogP contribution in [0, 0.1) is 25.7 Å². The molecule has 11 heteroatoms. The van der Waals surface area contributed by atoms with Crippen molar-refractivity contribution in [2.45, 2.75) is 56.4 Å². The van der Waals surface area contributed by atoms with E-state index >= 15 is 0 Å². The zero-order valence-corrected chi connectivity index (χ0v) is 21.5. The third-order valence-electron chi connectivity index (χ3n) is 6.96. The molecule has 0 amide bonds. The van der Waals surface area contributed by atoms with E-state index in [2.05, 4.69) is 41.0 Å². The molecule has 3 saturated heterocycles. The Hall–Kier alpha value is -1.99. The Morgan fingerprint density at radius 2 is 1.86 bits per heavy atom. The van der Waals surface area contributed by atoms with E-state index in [-0.39, 0.29) is 18.9 Å². The van der Waals surface area contributed by atoms with Crippen LogP contribution in [0.15, 0.2) is 18.2 Å². The Morgan fingerprint density at radius 3 is 2.41 bits per heavy atom. The van der Waals surface area contributed by atoms with Crippen LogP contribution in [-0.4, -0.2) is 66.3 Å². The van der Waals surface area contributed by atoms with Gasteiger partial charge >= 0.3 is 31.0 Å². The number of nitrogens with one attached hydrogen (secondary N) is 1. The molecular formula is C26H32F4LiN5O-2. The number of benzene rings is 1. The summed E-state index contributed by atoms with van der Waals surface area (Å²) in [5.74, 6) is -0.0250. The van der Waals surface area contributed by atoms with Crippen LogP contribution >= 0.6 is 0 Å². The van der Waals surface area contributed by atoms with E-state index in [1.165, 1.54) is 25.7 Å². The van der Waals surface area contributed by atoms with E-state index in [0.29, 0.717) is 37.2 Å². The maximum atomic E-state index is 12.1. The van der Waals surface area contributed by atoms with Crippen LogP contribution in [0.25, 0.3) is 0 Å². The van der Waals surface area contributed by atoms with Gasteiger partial charge < -0.3 is 26.8 Å². The van der Waals surface area contributed by atoms with Gasteiger partial charge in [-0.2, -0.15) is 35.9 Å². The molecule has 3 aliphatic heterocycles. The molecule has 2 unspecified atom stereocenters. The van der Waals surface area contributed by atoms with Crippen molar-refractivity contribution in [2.24, 2.45) is 0 Å². The normalized spacial score (nSPS) is 23.3. The summed E-state index contributed by atoms with van der Waals surface area (Å²) in [5.41, 5.74) is 0.713. The summed E-state index contributed by atoms with van der Waals surface area (Å²) < 4.78 is 53.4. The molecule has 3 atom stereocenters. The van der Waals surface area contributed by atoms with Gasteiger partial charge in [0.15, 0.2) is 0 Å². The molecule has 2 aromatic rings. The molecule has 4 heterocycles. The van der Waals surface area contributed by atoms with Gasteiger partial charge in [-0.05, 0) is 39.3 Å². The first-order valence-corrected chi connectivity index (χ1v) is 12.2. The Kier molecular flexibility index (Phi) is 10.1. The summed E-state index contributed by atoms with van der Waals surface area (Å²) >= 11 is 0. The van der Waals surface area contributed by atoms with Crippen LogP contribution in [0.4, 0.5) is 23.4 Å². The maximum Gasteiger partial charge on any atom is 1.00 e. The maximum absolute atomic E-state index is 12.1. The number of piperazine rings is 1. The summed E-state index contributed by atoms with van der Waals surface area (Å²) in [7, 11) is 2.16. The summed E-state index contributed by atoms with van der Waals surface area (Å²) in [6, 6.07) is 6.28. The molecule has 3 aliphatic rings. The molecule has 3 fully saturated rings. The number of hydrogen-bond donors (Lipinski definition) is 1. The summed E-state index contributed by atoms with van der Waals surface area (Å²) in [4.78, 5) is 14.0. The van der Waals surface area contributed by atoms with Crippen LogP contribution in [0.2, 0.25) is 0 Å². The average Bonchev–Trinajstić information content (AvgIpc) is 3.40. The fourth-order valence-corrected chi connectivity index (χ4v) is 5.01. The molecule has 1 N–H and O–H groups in total. The number of nitrogens with zero attached hydrogens (tertiary/aromatic N) is 4. The minimum absolute atomic E-state index is 0. The van der Waals surface area contributed by atoms with Crippen LogP contribution in [0.3, 0.4) is 0 Å². The first kappa shape index (κ1) is 29.6. The van der Waals surface area contributed by atoms with E-state index in [4.69, 9.17) is 9.72 Å². The zero-order valence-electron chi connectivity index (χ0n) is 21.5. The van der Waals surface area contributed by atoms with Crippen LogP contribution < -0.4 is 33.8 Å². The molecule has 0 aliphatic carbocycles. The number of halogens is 4. The van der Waals surface area contributed by atoms with Gasteiger partial charge in [0, 0.05) is 37.0 Å². The topological polar surface area (TPSA) is 53.5 Å². The average molecular weight is 514 g/mol. The number of likely N-dealkylation sites (N-methyl/N-ethyl adjacent to an activating group) is 1. The number of ether oxygens (including phenoxy) is 1. The SMILES string of the molecule is Fc1[c-]c(C(F)(F)F)ccc1.[CH2-]Cc1c([CH2-])nc(OC[C@@H]2CCCN2C)nc1N1CC2CCC(C1)N2.[Li+]. The van der Waals surface area contributed by atoms with Crippen molar-refractivity contribution in [3.8, 4) is 6.01 Å². The molecule has 37 heavy (non-hydrogen) atoms. The number of anilines is 1. The van der Waals surface area contributed by atoms with Gasteiger partial charge in [-0.15, -0.1) is 12.1 Å². The number of rotatable bonds is 5. The van der Waals surface area contributed by atoms with E-state index in [9.17, 15) is 17.6 Å². The number of aromatic nitrogens is 2. The second-order valence-electron chi connectivity index (χ2n) is 9.55. The predicted octanol–water partition coefficient (Wildman–Crippen LogP) is 1.10. The van der Waals surface area contributed by atoms with E-state index in [0.717, 1.165) is 54.9 Å². The number of likely N-dealkylation sites (tertiary alicyclic amines) is 1. The Bertz CT molecular complexity index is 1030. The van der Waals surface area contributed by atoms with E-state index in [1.807, 2.05) is 0 Å². The van der Waals surface area contributed by atoms with Crippen molar-refractivity contribution in [2.75, 3.05) is 38.2 Å². The van der Waals surface area contributed by atoms with Crippen LogP contribution in [0.1, 0.15) is 42.5 Å². The minimum Gasteiger partial charge on any atom is -0.462 e. The van der Waals surface area contributed by atoms with Crippen LogP contribution in [0.5, 0.6) is 6.01 Å². The summed E-state index contributed by atoms with van der Waals surface area (Å²) in [5, 5.41) is 3.67. The first-order valence-electron chi connectivity index (χ1n) is 12.2. The number of fused-ring (bicyclic) bond motifs is 2. The van der Waals surface area contributed by atoms with E-state index in [1.54, 1.807) is 6.07 Å². The molecule has 2 bridgehead atoms. The van der Waals surface area contributed by atoms with Gasteiger partial charge in [0.25, 0.3) is 0 Å². The van der Waals surface area contributed by atoms with Crippen molar-refractivity contribution in [3.63, 3.8) is 0 Å². The van der Waals surface area contributed by atoms with Crippen molar-refractivity contribution in [3.05, 3.63) is 60.8 Å². The van der Waals surface area contributed by atoms with Crippen molar-refractivity contribution >= 4 is 5.82 Å². The minimum atomic E-state index is -4.51. The largest absolute Gasteiger partial charge is 1.00 e. The molecule has 0 saturated carbocycles.